The van der Waals surface area contributed by atoms with Gasteiger partial charge in [-0.25, -0.2) is 9.78 Å². The lowest BCUT2D eigenvalue weighted by Gasteiger charge is -2.19. The summed E-state index contributed by atoms with van der Waals surface area (Å²) in [5.41, 5.74) is 1.78. The standard InChI is InChI=1S/C18H20N8O/c1-2-11-8-25(17(27)22-18(10-19)4-5-18)9-12(11)16-24-23-14-7-21-15-13(26(14)16)3-6-20-15/h3,6-7,11-12,20H,2,4-5,8-9H2,1H3,(H,22,27)/t11-,12+/m0/s1. The molecule has 0 aromatic carbocycles. The third kappa shape index (κ3) is 2.44. The van der Waals surface area contributed by atoms with Crippen LogP contribution in [0.5, 0.6) is 0 Å². The lowest BCUT2D eigenvalue weighted by molar-refractivity contribution is 0.204. The number of H-pyrrole nitrogens is 1. The van der Waals surface area contributed by atoms with Gasteiger partial charge in [-0.3, -0.25) is 4.40 Å². The van der Waals surface area contributed by atoms with Crippen molar-refractivity contribution in [3.05, 3.63) is 24.3 Å². The molecule has 1 aliphatic heterocycles. The Bertz CT molecular complexity index is 1070. The number of hydrogen-bond donors (Lipinski definition) is 2. The molecule has 2 fully saturated rings. The topological polar surface area (TPSA) is 115 Å². The number of nitriles is 1. The van der Waals surface area contributed by atoms with Gasteiger partial charge in [-0.2, -0.15) is 5.26 Å². The summed E-state index contributed by atoms with van der Waals surface area (Å²) in [6, 6.07) is 4.03. The number of nitrogens with one attached hydrogen (secondary N) is 2. The average molecular weight is 364 g/mol. The second-order valence-corrected chi connectivity index (χ2v) is 7.53. The van der Waals surface area contributed by atoms with Gasteiger partial charge in [0, 0.05) is 25.2 Å². The molecule has 0 unspecified atom stereocenters. The van der Waals surface area contributed by atoms with E-state index >= 15 is 0 Å². The van der Waals surface area contributed by atoms with E-state index in [2.05, 4.69) is 38.5 Å². The quantitative estimate of drug-likeness (QED) is 0.735. The normalized spacial score (nSPS) is 23.6. The zero-order valence-corrected chi connectivity index (χ0v) is 15.0. The minimum atomic E-state index is -0.651. The Balaban J connectivity index is 1.48. The highest BCUT2D eigenvalue weighted by atomic mass is 16.2. The lowest BCUT2D eigenvalue weighted by Crippen LogP contribution is -2.44. The van der Waals surface area contributed by atoms with Crippen molar-refractivity contribution in [2.75, 3.05) is 13.1 Å². The summed E-state index contributed by atoms with van der Waals surface area (Å²) in [7, 11) is 0. The first-order valence-corrected chi connectivity index (χ1v) is 9.29. The minimum absolute atomic E-state index is 0.0912. The molecule has 0 radical (unpaired) electrons. The zero-order valence-electron chi connectivity index (χ0n) is 15.0. The van der Waals surface area contributed by atoms with Crippen LogP contribution in [0.25, 0.3) is 16.8 Å². The number of hydrogen-bond acceptors (Lipinski definition) is 5. The van der Waals surface area contributed by atoms with Crippen molar-refractivity contribution in [3.8, 4) is 6.07 Å². The van der Waals surface area contributed by atoms with E-state index in [4.69, 9.17) is 0 Å². The minimum Gasteiger partial charge on any atom is -0.345 e. The molecule has 4 heterocycles. The van der Waals surface area contributed by atoms with Gasteiger partial charge >= 0.3 is 6.03 Å². The van der Waals surface area contributed by atoms with Crippen molar-refractivity contribution in [1.82, 2.24) is 34.8 Å². The summed E-state index contributed by atoms with van der Waals surface area (Å²) in [5, 5.41) is 20.9. The van der Waals surface area contributed by atoms with E-state index in [1.807, 2.05) is 21.6 Å². The highest BCUT2D eigenvalue weighted by molar-refractivity contribution is 5.77. The van der Waals surface area contributed by atoms with Crippen LogP contribution < -0.4 is 5.32 Å². The summed E-state index contributed by atoms with van der Waals surface area (Å²) < 4.78 is 2.03. The van der Waals surface area contributed by atoms with Gasteiger partial charge in [-0.1, -0.05) is 13.3 Å². The molecule has 0 spiro atoms. The van der Waals surface area contributed by atoms with E-state index in [0.29, 0.717) is 24.7 Å². The van der Waals surface area contributed by atoms with Crippen LogP contribution in [-0.4, -0.2) is 54.1 Å². The van der Waals surface area contributed by atoms with E-state index in [9.17, 15) is 10.1 Å². The Hall–Kier alpha value is -3.15. The number of amides is 2. The Labute approximate surface area is 155 Å². The van der Waals surface area contributed by atoms with Crippen molar-refractivity contribution < 1.29 is 4.79 Å². The monoisotopic (exact) mass is 364 g/mol. The number of carbonyl (C=O) groups is 1. The third-order valence-corrected chi connectivity index (χ3v) is 5.86. The van der Waals surface area contributed by atoms with Crippen LogP contribution in [0.3, 0.4) is 0 Å². The summed E-state index contributed by atoms with van der Waals surface area (Å²) >= 11 is 0. The summed E-state index contributed by atoms with van der Waals surface area (Å²) in [6.45, 7) is 3.36. The summed E-state index contributed by atoms with van der Waals surface area (Å²) in [5.74, 6) is 1.25. The van der Waals surface area contributed by atoms with Gasteiger partial charge in [0.1, 0.15) is 11.4 Å². The van der Waals surface area contributed by atoms with Gasteiger partial charge < -0.3 is 15.2 Å². The molecule has 2 amide bonds. The fourth-order valence-corrected chi connectivity index (χ4v) is 4.05. The summed E-state index contributed by atoms with van der Waals surface area (Å²) in [4.78, 5) is 22.0. The molecule has 5 rings (SSSR count). The number of rotatable bonds is 3. The predicted molar refractivity (Wildman–Crippen MR) is 96.8 cm³/mol. The first kappa shape index (κ1) is 16.1. The second-order valence-electron chi connectivity index (χ2n) is 7.53. The van der Waals surface area contributed by atoms with Gasteiger partial charge in [0.2, 0.25) is 0 Å². The first-order chi connectivity index (χ1) is 13.1. The molecular weight excluding hydrogens is 344 g/mol. The summed E-state index contributed by atoms with van der Waals surface area (Å²) in [6.07, 6.45) is 5.96. The molecule has 0 bridgehead atoms. The predicted octanol–water partition coefficient (Wildman–Crippen LogP) is 1.80. The van der Waals surface area contributed by atoms with Gasteiger partial charge in [0.25, 0.3) is 0 Å². The van der Waals surface area contributed by atoms with E-state index in [1.165, 1.54) is 0 Å². The highest BCUT2D eigenvalue weighted by Crippen LogP contribution is 2.37. The maximum absolute atomic E-state index is 12.7. The second kappa shape index (κ2) is 5.67. The maximum Gasteiger partial charge on any atom is 0.318 e. The SMILES string of the molecule is CC[C@H]1CN(C(=O)NC2(C#N)CC2)C[C@H]1c1nnc2cnc3[nH]ccc3n12. The molecule has 1 saturated carbocycles. The van der Waals surface area contributed by atoms with Crippen molar-refractivity contribution in [2.24, 2.45) is 5.92 Å². The molecule has 1 aliphatic carbocycles. The number of carbonyl (C=O) groups excluding carboxylic acids is 1. The highest BCUT2D eigenvalue weighted by Gasteiger charge is 2.47. The van der Waals surface area contributed by atoms with Crippen LogP contribution in [0.2, 0.25) is 0 Å². The van der Waals surface area contributed by atoms with Gasteiger partial charge in [0.15, 0.2) is 11.3 Å². The van der Waals surface area contributed by atoms with Crippen LogP contribution in [0.15, 0.2) is 18.5 Å². The molecule has 27 heavy (non-hydrogen) atoms. The molecule has 3 aromatic rings. The first-order valence-electron chi connectivity index (χ1n) is 9.29. The smallest absolute Gasteiger partial charge is 0.318 e. The Morgan fingerprint density at radius 1 is 1.44 bits per heavy atom. The molecule has 1 saturated heterocycles. The average Bonchev–Trinajstić information content (AvgIpc) is 3.09. The van der Waals surface area contributed by atoms with Crippen molar-refractivity contribution >= 4 is 22.8 Å². The number of aromatic nitrogens is 5. The van der Waals surface area contributed by atoms with Crippen LogP contribution in [0.1, 0.15) is 37.9 Å². The van der Waals surface area contributed by atoms with E-state index < -0.39 is 5.54 Å². The lowest BCUT2D eigenvalue weighted by atomic mass is 9.93. The largest absolute Gasteiger partial charge is 0.345 e. The van der Waals surface area contributed by atoms with Crippen molar-refractivity contribution in [3.63, 3.8) is 0 Å². The van der Waals surface area contributed by atoms with E-state index in [-0.39, 0.29) is 11.9 Å². The molecule has 3 aromatic heterocycles. The van der Waals surface area contributed by atoms with Crippen molar-refractivity contribution in [2.45, 2.75) is 37.6 Å². The van der Waals surface area contributed by atoms with Gasteiger partial charge in [-0.15, -0.1) is 10.2 Å². The number of aromatic amines is 1. The molecule has 2 atom stereocenters. The third-order valence-electron chi connectivity index (χ3n) is 5.86. The Kier molecular flexibility index (Phi) is 3.37. The maximum atomic E-state index is 12.7. The number of likely N-dealkylation sites (tertiary alicyclic amines) is 1. The molecule has 2 N–H and O–H groups in total. The van der Waals surface area contributed by atoms with E-state index in [0.717, 1.165) is 36.3 Å². The molecule has 9 nitrogen and oxygen atoms in total. The van der Waals surface area contributed by atoms with Crippen molar-refractivity contribution in [1.29, 1.82) is 5.26 Å². The Morgan fingerprint density at radius 2 is 2.30 bits per heavy atom. The van der Waals surface area contributed by atoms with Crippen LogP contribution >= 0.6 is 0 Å². The van der Waals surface area contributed by atoms with Gasteiger partial charge in [-0.05, 0) is 24.8 Å². The molecular formula is C18H20N8O. The number of urea groups is 1. The van der Waals surface area contributed by atoms with E-state index in [1.54, 1.807) is 6.20 Å². The fraction of sp³-hybridized carbons (Fsp3) is 0.500. The van der Waals surface area contributed by atoms with Crippen LogP contribution in [-0.2, 0) is 0 Å². The fourth-order valence-electron chi connectivity index (χ4n) is 4.05. The Morgan fingerprint density at radius 3 is 3.04 bits per heavy atom. The van der Waals surface area contributed by atoms with Crippen LogP contribution in [0.4, 0.5) is 4.79 Å². The number of nitrogens with zero attached hydrogens (tertiary/aromatic N) is 6. The molecule has 2 aliphatic rings. The zero-order chi connectivity index (χ0) is 18.6. The van der Waals surface area contributed by atoms with Crippen LogP contribution in [0, 0.1) is 17.2 Å². The number of fused-ring (bicyclic) bond motifs is 3. The molecule has 9 heteroatoms. The van der Waals surface area contributed by atoms with Gasteiger partial charge in [0.05, 0.1) is 17.8 Å². The molecule has 138 valence electrons.